The molecule has 1 saturated heterocycles. The fraction of sp³-hybridized carbons (Fsp3) is 0.400. The molecule has 3 N–H and O–H groups in total. The van der Waals surface area contributed by atoms with E-state index in [1.54, 1.807) is 19.1 Å². The standard InChI is InChI=1S/C23H29FN2O3.C2H2O4/c1-18(27)2-3-19-4-10-23(11-5-19)29-17-22(28)16-25-12-14-26(15-13-25)21-8-6-20(24)7-9-21;3-1(4)2(5)6/h4-11,22,28H,2-3,12-17H2,1H3;(H,3,4)(H,5,6). The van der Waals surface area contributed by atoms with E-state index in [4.69, 9.17) is 24.5 Å². The molecule has 0 saturated carbocycles. The zero-order valence-corrected chi connectivity index (χ0v) is 19.6. The number of aliphatic hydroxyl groups excluding tert-OH is 1. The lowest BCUT2D eigenvalue weighted by molar-refractivity contribution is -0.159. The van der Waals surface area contributed by atoms with E-state index >= 15 is 0 Å². The minimum absolute atomic E-state index is 0.187. The van der Waals surface area contributed by atoms with Crippen molar-refractivity contribution in [1.82, 2.24) is 4.90 Å². The van der Waals surface area contributed by atoms with E-state index < -0.39 is 18.0 Å². The molecule has 3 rings (SSSR count). The highest BCUT2D eigenvalue weighted by Crippen LogP contribution is 2.17. The maximum Gasteiger partial charge on any atom is 0.414 e. The molecular formula is C25H31FN2O7. The van der Waals surface area contributed by atoms with Gasteiger partial charge in [0.2, 0.25) is 0 Å². The van der Waals surface area contributed by atoms with Crippen molar-refractivity contribution in [3.8, 4) is 5.75 Å². The van der Waals surface area contributed by atoms with Gasteiger partial charge >= 0.3 is 11.9 Å². The lowest BCUT2D eigenvalue weighted by atomic mass is 10.1. The number of carbonyl (C=O) groups is 3. The smallest absolute Gasteiger partial charge is 0.414 e. The van der Waals surface area contributed by atoms with Crippen LogP contribution in [0.3, 0.4) is 0 Å². The molecule has 1 unspecified atom stereocenters. The topological polar surface area (TPSA) is 128 Å². The summed E-state index contributed by atoms with van der Waals surface area (Å²) in [4.78, 5) is 33.7. The molecule has 0 radical (unpaired) electrons. The number of carboxylic acid groups (broad SMARTS) is 2. The van der Waals surface area contributed by atoms with Crippen LogP contribution in [-0.2, 0) is 20.8 Å². The third kappa shape index (κ3) is 10.5. The first-order chi connectivity index (χ1) is 16.6. The van der Waals surface area contributed by atoms with Crippen molar-refractivity contribution in [2.24, 2.45) is 0 Å². The molecule has 35 heavy (non-hydrogen) atoms. The maximum absolute atomic E-state index is 13.1. The highest BCUT2D eigenvalue weighted by molar-refractivity contribution is 6.27. The average Bonchev–Trinajstić information content (AvgIpc) is 2.83. The van der Waals surface area contributed by atoms with Crippen LogP contribution in [0.2, 0.25) is 0 Å². The van der Waals surface area contributed by atoms with Gasteiger partial charge < -0.3 is 29.8 Å². The van der Waals surface area contributed by atoms with Crippen molar-refractivity contribution in [2.75, 3.05) is 44.2 Å². The first-order valence-corrected chi connectivity index (χ1v) is 11.2. The van der Waals surface area contributed by atoms with Crippen molar-refractivity contribution >= 4 is 23.4 Å². The monoisotopic (exact) mass is 490 g/mol. The van der Waals surface area contributed by atoms with Crippen molar-refractivity contribution in [1.29, 1.82) is 0 Å². The summed E-state index contributed by atoms with van der Waals surface area (Å²) >= 11 is 0. The first kappa shape index (κ1) is 27.7. The molecule has 0 bridgehead atoms. The molecule has 1 aliphatic rings. The Morgan fingerprint density at radius 1 is 0.943 bits per heavy atom. The minimum atomic E-state index is -1.82. The minimum Gasteiger partial charge on any atom is -0.491 e. The molecule has 10 heteroatoms. The Morgan fingerprint density at radius 3 is 2.03 bits per heavy atom. The van der Waals surface area contributed by atoms with Crippen LogP contribution in [0.5, 0.6) is 5.75 Å². The zero-order chi connectivity index (χ0) is 25.8. The average molecular weight is 491 g/mol. The van der Waals surface area contributed by atoms with Gasteiger partial charge in [-0.1, -0.05) is 12.1 Å². The molecule has 1 fully saturated rings. The molecule has 2 aromatic rings. The number of hydrogen-bond acceptors (Lipinski definition) is 7. The predicted molar refractivity (Wildman–Crippen MR) is 127 cm³/mol. The number of Topliss-reactive ketones (excluding diaryl/α,β-unsaturated/α-hetero) is 1. The molecule has 0 amide bonds. The molecule has 190 valence electrons. The van der Waals surface area contributed by atoms with Crippen LogP contribution >= 0.6 is 0 Å². The second kappa shape index (κ2) is 14.0. The number of carboxylic acids is 2. The summed E-state index contributed by atoms with van der Waals surface area (Å²) in [6.07, 6.45) is 0.722. The van der Waals surface area contributed by atoms with Gasteiger partial charge in [-0.15, -0.1) is 0 Å². The van der Waals surface area contributed by atoms with Crippen molar-refractivity contribution in [3.63, 3.8) is 0 Å². The number of halogens is 1. The van der Waals surface area contributed by atoms with Crippen LogP contribution in [0.15, 0.2) is 48.5 Å². The third-order valence-electron chi connectivity index (χ3n) is 5.35. The summed E-state index contributed by atoms with van der Waals surface area (Å²) in [5.74, 6) is -2.96. The quantitative estimate of drug-likeness (QED) is 0.453. The number of aliphatic hydroxyl groups is 1. The van der Waals surface area contributed by atoms with E-state index in [1.807, 2.05) is 24.3 Å². The summed E-state index contributed by atoms with van der Waals surface area (Å²) in [5.41, 5.74) is 2.13. The second-order valence-electron chi connectivity index (χ2n) is 8.19. The molecule has 1 aliphatic heterocycles. The Balaban J connectivity index is 0.000000641. The van der Waals surface area contributed by atoms with E-state index in [0.29, 0.717) is 13.0 Å². The summed E-state index contributed by atoms with van der Waals surface area (Å²) in [5, 5.41) is 25.1. The van der Waals surface area contributed by atoms with Gasteiger partial charge in [-0.25, -0.2) is 14.0 Å². The van der Waals surface area contributed by atoms with Crippen LogP contribution in [-0.4, -0.2) is 83.4 Å². The highest BCUT2D eigenvalue weighted by Gasteiger charge is 2.20. The Labute approximate surface area is 203 Å². The van der Waals surface area contributed by atoms with Gasteiger partial charge in [-0.05, 0) is 55.3 Å². The van der Waals surface area contributed by atoms with Gasteiger partial charge in [-0.3, -0.25) is 4.90 Å². The Bertz CT molecular complexity index is 947. The van der Waals surface area contributed by atoms with E-state index in [2.05, 4.69) is 9.80 Å². The lowest BCUT2D eigenvalue weighted by Crippen LogP contribution is -2.49. The van der Waals surface area contributed by atoms with Gasteiger partial charge in [0.1, 0.15) is 30.1 Å². The van der Waals surface area contributed by atoms with Gasteiger partial charge in [0.05, 0.1) is 0 Å². The lowest BCUT2D eigenvalue weighted by Gasteiger charge is -2.36. The number of nitrogens with zero attached hydrogens (tertiary/aromatic N) is 2. The summed E-state index contributed by atoms with van der Waals surface area (Å²) < 4.78 is 18.8. The predicted octanol–water partition coefficient (Wildman–Crippen LogP) is 2.06. The van der Waals surface area contributed by atoms with Gasteiger partial charge in [0.25, 0.3) is 0 Å². The number of rotatable bonds is 9. The van der Waals surface area contributed by atoms with E-state index in [0.717, 1.165) is 49.6 Å². The van der Waals surface area contributed by atoms with E-state index in [1.165, 1.54) is 12.1 Å². The molecule has 1 heterocycles. The summed E-state index contributed by atoms with van der Waals surface area (Å²) in [6.45, 7) is 5.79. The number of hydrogen-bond donors (Lipinski definition) is 3. The number of carbonyl (C=O) groups excluding carboxylic acids is 1. The maximum atomic E-state index is 13.1. The zero-order valence-electron chi connectivity index (χ0n) is 19.6. The van der Waals surface area contributed by atoms with E-state index in [9.17, 15) is 14.3 Å². The molecule has 9 nitrogen and oxygen atoms in total. The molecule has 0 spiro atoms. The molecule has 2 aromatic carbocycles. The van der Waals surface area contributed by atoms with Crippen molar-refractivity contribution in [2.45, 2.75) is 25.9 Å². The SMILES string of the molecule is CC(=O)CCc1ccc(OCC(O)CN2CCN(c3ccc(F)cc3)CC2)cc1.O=C(O)C(=O)O. The fourth-order valence-corrected chi connectivity index (χ4v) is 3.46. The van der Waals surface area contributed by atoms with Gasteiger partial charge in [-0.2, -0.15) is 0 Å². The molecule has 0 aliphatic carbocycles. The van der Waals surface area contributed by atoms with Crippen molar-refractivity contribution in [3.05, 3.63) is 59.9 Å². The fourth-order valence-electron chi connectivity index (χ4n) is 3.46. The largest absolute Gasteiger partial charge is 0.491 e. The van der Waals surface area contributed by atoms with Gasteiger partial charge in [0.15, 0.2) is 0 Å². The van der Waals surface area contributed by atoms with Crippen LogP contribution < -0.4 is 9.64 Å². The van der Waals surface area contributed by atoms with Crippen LogP contribution in [0, 0.1) is 5.82 Å². The number of ether oxygens (including phenoxy) is 1. The highest BCUT2D eigenvalue weighted by atomic mass is 19.1. The number of ketones is 1. The summed E-state index contributed by atoms with van der Waals surface area (Å²) in [7, 11) is 0. The third-order valence-corrected chi connectivity index (χ3v) is 5.35. The number of aryl methyl sites for hydroxylation is 1. The number of aliphatic carboxylic acids is 2. The Hall–Kier alpha value is -3.50. The van der Waals surface area contributed by atoms with Gasteiger partial charge in [0, 0.05) is 44.8 Å². The normalized spacial score (nSPS) is 14.4. The molecule has 0 aromatic heterocycles. The Kier molecular flexibility index (Phi) is 11.1. The van der Waals surface area contributed by atoms with Crippen molar-refractivity contribution < 1.29 is 38.8 Å². The van der Waals surface area contributed by atoms with Crippen LogP contribution in [0.4, 0.5) is 10.1 Å². The number of β-amino-alcohol motifs (C(OH)–C–C–N with tert-alkyl or cyclic N) is 1. The molecular weight excluding hydrogens is 459 g/mol. The Morgan fingerprint density at radius 2 is 1.51 bits per heavy atom. The molecule has 1 atom stereocenters. The number of benzene rings is 2. The number of anilines is 1. The second-order valence-corrected chi connectivity index (χ2v) is 8.19. The first-order valence-electron chi connectivity index (χ1n) is 11.2. The summed E-state index contributed by atoms with van der Waals surface area (Å²) in [6, 6.07) is 14.3. The van der Waals surface area contributed by atoms with Crippen LogP contribution in [0.25, 0.3) is 0 Å². The van der Waals surface area contributed by atoms with E-state index in [-0.39, 0.29) is 18.2 Å². The van der Waals surface area contributed by atoms with Crippen LogP contribution in [0.1, 0.15) is 18.9 Å². The number of piperazine rings is 1.